The summed E-state index contributed by atoms with van der Waals surface area (Å²) in [5, 5.41) is 0. The maximum atomic E-state index is 12.2. The summed E-state index contributed by atoms with van der Waals surface area (Å²) in [4.78, 5) is 3.92. The summed E-state index contributed by atoms with van der Waals surface area (Å²) in [6, 6.07) is 4.95. The fourth-order valence-electron chi connectivity index (χ4n) is 1.58. The molecule has 0 radical (unpaired) electrons. The third-order valence-corrected chi connectivity index (χ3v) is 6.79. The molecular weight excluding hydrogens is 348 g/mol. The zero-order valence-corrected chi connectivity index (χ0v) is 13.6. The Bertz CT molecular complexity index is 649. The van der Waals surface area contributed by atoms with Gasteiger partial charge in [0.25, 0.3) is 10.0 Å². The first kappa shape index (κ1) is 14.6. The third kappa shape index (κ3) is 3.42. The van der Waals surface area contributed by atoms with Gasteiger partial charge in [-0.15, -0.1) is 11.3 Å². The largest absolute Gasteiger partial charge is 0.265 e. The van der Waals surface area contributed by atoms with Gasteiger partial charge in [0.15, 0.2) is 0 Å². The molecular formula is C12H13BrN2O2S2. The fraction of sp³-hybridized carbons (Fsp3) is 0.250. The summed E-state index contributed by atoms with van der Waals surface area (Å²) >= 11 is 4.55. The normalized spacial score (nSPS) is 13.4. The van der Waals surface area contributed by atoms with Crippen LogP contribution < -0.4 is 4.72 Å². The smallest absolute Gasteiger partial charge is 0.250 e. The van der Waals surface area contributed by atoms with E-state index in [-0.39, 0.29) is 6.04 Å². The van der Waals surface area contributed by atoms with Crippen LogP contribution in [0.2, 0.25) is 0 Å². The molecule has 0 bridgehead atoms. The van der Waals surface area contributed by atoms with E-state index in [1.807, 2.05) is 13.8 Å². The minimum Gasteiger partial charge on any atom is -0.265 e. The van der Waals surface area contributed by atoms with Crippen LogP contribution in [-0.2, 0) is 10.0 Å². The van der Waals surface area contributed by atoms with Gasteiger partial charge in [0.1, 0.15) is 4.21 Å². The average Bonchev–Trinajstić information content (AvgIpc) is 2.71. The lowest BCUT2D eigenvalue weighted by atomic mass is 10.1. The molecule has 4 nitrogen and oxygen atoms in total. The van der Waals surface area contributed by atoms with E-state index in [9.17, 15) is 8.42 Å². The SMILES string of the molecule is Cc1cc(S(=O)(=O)NC(C)c2ccncc2)sc1Br. The molecule has 0 aliphatic rings. The summed E-state index contributed by atoms with van der Waals surface area (Å²) in [5.74, 6) is 0. The zero-order chi connectivity index (χ0) is 14.0. The number of aromatic nitrogens is 1. The topological polar surface area (TPSA) is 59.1 Å². The van der Waals surface area contributed by atoms with Crippen LogP contribution in [0, 0.1) is 6.92 Å². The van der Waals surface area contributed by atoms with Crippen LogP contribution in [0.3, 0.4) is 0 Å². The molecule has 0 aromatic carbocycles. The van der Waals surface area contributed by atoms with Gasteiger partial charge in [-0.25, -0.2) is 13.1 Å². The highest BCUT2D eigenvalue weighted by molar-refractivity contribution is 9.11. The summed E-state index contributed by atoms with van der Waals surface area (Å²) in [7, 11) is -3.49. The Morgan fingerprint density at radius 1 is 1.37 bits per heavy atom. The maximum Gasteiger partial charge on any atom is 0.250 e. The Hall–Kier alpha value is -0.760. The van der Waals surface area contributed by atoms with Crippen molar-refractivity contribution in [3.05, 3.63) is 45.5 Å². The van der Waals surface area contributed by atoms with E-state index >= 15 is 0 Å². The van der Waals surface area contributed by atoms with Gasteiger partial charge in [-0.1, -0.05) is 0 Å². The molecule has 1 N–H and O–H groups in total. The Balaban J connectivity index is 2.22. The number of thiophene rings is 1. The summed E-state index contributed by atoms with van der Waals surface area (Å²) < 4.78 is 28.3. The molecule has 0 saturated heterocycles. The first-order valence-electron chi connectivity index (χ1n) is 5.58. The highest BCUT2D eigenvalue weighted by Crippen LogP contribution is 2.31. The third-order valence-electron chi connectivity index (χ3n) is 2.64. The van der Waals surface area contributed by atoms with Crippen LogP contribution >= 0.6 is 27.3 Å². The van der Waals surface area contributed by atoms with Gasteiger partial charge in [-0.2, -0.15) is 0 Å². The summed E-state index contributed by atoms with van der Waals surface area (Å²) in [6.07, 6.45) is 3.29. The highest BCUT2D eigenvalue weighted by atomic mass is 79.9. The molecule has 0 saturated carbocycles. The quantitative estimate of drug-likeness (QED) is 0.910. The Morgan fingerprint density at radius 3 is 2.53 bits per heavy atom. The lowest BCUT2D eigenvalue weighted by molar-refractivity contribution is 0.569. The Kier molecular flexibility index (Phi) is 4.39. The summed E-state index contributed by atoms with van der Waals surface area (Å²) in [5.41, 5.74) is 1.80. The van der Waals surface area contributed by atoms with E-state index in [1.54, 1.807) is 30.6 Å². The van der Waals surface area contributed by atoms with Crippen molar-refractivity contribution in [3.63, 3.8) is 0 Å². The highest BCUT2D eigenvalue weighted by Gasteiger charge is 2.21. The van der Waals surface area contributed by atoms with Crippen molar-refractivity contribution in [2.45, 2.75) is 24.1 Å². The van der Waals surface area contributed by atoms with Gasteiger partial charge in [0.2, 0.25) is 0 Å². The van der Waals surface area contributed by atoms with Gasteiger partial charge in [-0.05, 0) is 59.1 Å². The minimum atomic E-state index is -3.49. The first-order chi connectivity index (χ1) is 8.90. The van der Waals surface area contributed by atoms with Gasteiger partial charge in [0, 0.05) is 18.4 Å². The van der Waals surface area contributed by atoms with E-state index in [4.69, 9.17) is 0 Å². The van der Waals surface area contributed by atoms with Crippen molar-refractivity contribution < 1.29 is 8.42 Å². The minimum absolute atomic E-state index is 0.297. The molecule has 102 valence electrons. The standard InChI is InChI=1S/C12H13BrN2O2S2/c1-8-7-11(18-12(8)13)19(16,17)15-9(2)10-3-5-14-6-4-10/h3-7,9,15H,1-2H3. The second-order valence-electron chi connectivity index (χ2n) is 4.15. The fourth-order valence-corrected chi connectivity index (χ4v) is 5.05. The molecule has 0 aliphatic carbocycles. The number of halogens is 1. The van der Waals surface area contributed by atoms with Crippen LogP contribution in [0.1, 0.15) is 24.1 Å². The molecule has 1 atom stereocenters. The molecule has 0 spiro atoms. The van der Waals surface area contributed by atoms with Crippen molar-refractivity contribution in [2.24, 2.45) is 0 Å². The summed E-state index contributed by atoms with van der Waals surface area (Å²) in [6.45, 7) is 3.67. The lowest BCUT2D eigenvalue weighted by Crippen LogP contribution is -2.26. The van der Waals surface area contributed by atoms with E-state index in [1.165, 1.54) is 11.3 Å². The van der Waals surface area contributed by atoms with E-state index < -0.39 is 10.0 Å². The van der Waals surface area contributed by atoms with Crippen LogP contribution in [0.5, 0.6) is 0 Å². The van der Waals surface area contributed by atoms with Crippen LogP contribution in [0.15, 0.2) is 38.6 Å². The number of hydrogen-bond acceptors (Lipinski definition) is 4. The molecule has 7 heteroatoms. The average molecular weight is 361 g/mol. The molecule has 1 unspecified atom stereocenters. The second kappa shape index (κ2) is 5.70. The molecule has 2 heterocycles. The first-order valence-corrected chi connectivity index (χ1v) is 8.67. The molecule has 2 aromatic rings. The predicted molar refractivity (Wildman–Crippen MR) is 79.7 cm³/mol. The molecule has 0 amide bonds. The number of sulfonamides is 1. The number of aryl methyl sites for hydroxylation is 1. The van der Waals surface area contributed by atoms with Gasteiger partial charge in [-0.3, -0.25) is 4.98 Å². The molecule has 0 aliphatic heterocycles. The monoisotopic (exact) mass is 360 g/mol. The van der Waals surface area contributed by atoms with Crippen molar-refractivity contribution in [3.8, 4) is 0 Å². The van der Waals surface area contributed by atoms with Crippen molar-refractivity contribution in [2.75, 3.05) is 0 Å². The van der Waals surface area contributed by atoms with E-state index in [0.717, 1.165) is 14.9 Å². The van der Waals surface area contributed by atoms with Crippen molar-refractivity contribution in [1.29, 1.82) is 0 Å². The van der Waals surface area contributed by atoms with Crippen molar-refractivity contribution in [1.82, 2.24) is 9.71 Å². The maximum absolute atomic E-state index is 12.2. The van der Waals surface area contributed by atoms with Crippen LogP contribution in [-0.4, -0.2) is 13.4 Å². The Labute approximate surface area is 125 Å². The van der Waals surface area contributed by atoms with E-state index in [0.29, 0.717) is 4.21 Å². The molecule has 2 aromatic heterocycles. The van der Waals surface area contributed by atoms with Gasteiger partial charge in [0.05, 0.1) is 3.79 Å². The molecule has 19 heavy (non-hydrogen) atoms. The number of nitrogens with one attached hydrogen (secondary N) is 1. The lowest BCUT2D eigenvalue weighted by Gasteiger charge is -2.13. The van der Waals surface area contributed by atoms with E-state index in [2.05, 4.69) is 25.6 Å². The van der Waals surface area contributed by atoms with Crippen LogP contribution in [0.25, 0.3) is 0 Å². The van der Waals surface area contributed by atoms with Crippen LogP contribution in [0.4, 0.5) is 0 Å². The van der Waals surface area contributed by atoms with Crippen molar-refractivity contribution >= 4 is 37.3 Å². The number of hydrogen-bond donors (Lipinski definition) is 1. The zero-order valence-electron chi connectivity index (χ0n) is 10.4. The number of rotatable bonds is 4. The molecule has 0 fully saturated rings. The Morgan fingerprint density at radius 2 is 2.00 bits per heavy atom. The predicted octanol–water partition coefficient (Wildman–Crippen LogP) is 3.25. The van der Waals surface area contributed by atoms with Gasteiger partial charge < -0.3 is 0 Å². The number of pyridine rings is 1. The second-order valence-corrected chi connectivity index (χ2v) is 8.46. The number of nitrogens with zero attached hydrogens (tertiary/aromatic N) is 1. The van der Waals surface area contributed by atoms with Gasteiger partial charge >= 0.3 is 0 Å². The molecule has 2 rings (SSSR count).